The van der Waals surface area contributed by atoms with Crippen LogP contribution >= 0.6 is 0 Å². The SMILES string of the molecule is Nc1nc(N)c2nc(CN3c4ccccc4C=Cc4cc(C#CCCCC(=O)OCc5ccccc5)ccc43)cnc2n1. The second kappa shape index (κ2) is 12.4. The van der Waals surface area contributed by atoms with Crippen LogP contribution in [0.3, 0.4) is 0 Å². The molecule has 5 aromatic rings. The van der Waals surface area contributed by atoms with E-state index >= 15 is 0 Å². The lowest BCUT2D eigenvalue weighted by molar-refractivity contribution is -0.145. The Hall–Kier alpha value is -5.75. The van der Waals surface area contributed by atoms with Crippen LogP contribution in [0, 0.1) is 11.8 Å². The van der Waals surface area contributed by atoms with Crippen LogP contribution in [0.2, 0.25) is 0 Å². The van der Waals surface area contributed by atoms with Crippen molar-refractivity contribution in [3.05, 3.63) is 107 Å². The molecule has 0 radical (unpaired) electrons. The lowest BCUT2D eigenvalue weighted by atomic mass is 10.1. The van der Waals surface area contributed by atoms with Crippen molar-refractivity contribution in [2.75, 3.05) is 16.4 Å². The standard InChI is InChI=1S/C34H29N7O2/c35-32-31-33(40-34(36)39-32)37-20-27(38-31)21-41-28-13-8-7-12-25(28)16-17-26-19-23(15-18-29(26)41)9-3-2-6-14-30(42)43-22-24-10-4-1-5-11-24/h1,4-5,7-8,10-13,15-20H,2,6,14,21-22H2,(H4,35,36,37,39,40). The Morgan fingerprint density at radius 3 is 2.56 bits per heavy atom. The molecule has 6 rings (SSSR count). The number of esters is 1. The highest BCUT2D eigenvalue weighted by atomic mass is 16.5. The lowest BCUT2D eigenvalue weighted by Gasteiger charge is -2.26. The van der Waals surface area contributed by atoms with Crippen molar-refractivity contribution in [2.24, 2.45) is 0 Å². The fourth-order valence-corrected chi connectivity index (χ4v) is 4.88. The van der Waals surface area contributed by atoms with Crippen LogP contribution in [-0.4, -0.2) is 25.9 Å². The molecule has 9 heteroatoms. The molecule has 0 atom stereocenters. The maximum atomic E-state index is 12.1. The van der Waals surface area contributed by atoms with E-state index in [-0.39, 0.29) is 17.7 Å². The van der Waals surface area contributed by atoms with E-state index in [2.05, 4.69) is 68.1 Å². The fourth-order valence-electron chi connectivity index (χ4n) is 4.88. The summed E-state index contributed by atoms with van der Waals surface area (Å²) < 4.78 is 5.35. The Morgan fingerprint density at radius 2 is 1.67 bits per heavy atom. The molecule has 4 N–H and O–H groups in total. The molecule has 0 saturated carbocycles. The first-order chi connectivity index (χ1) is 21.0. The molecule has 0 saturated heterocycles. The second-order valence-corrected chi connectivity index (χ2v) is 10.1. The van der Waals surface area contributed by atoms with Gasteiger partial charge in [-0.15, -0.1) is 0 Å². The van der Waals surface area contributed by atoms with E-state index in [1.807, 2.05) is 48.5 Å². The van der Waals surface area contributed by atoms with E-state index in [9.17, 15) is 4.79 Å². The molecule has 3 aromatic carbocycles. The Bertz CT molecular complexity index is 1890. The molecule has 0 spiro atoms. The molecule has 212 valence electrons. The smallest absolute Gasteiger partial charge is 0.306 e. The van der Waals surface area contributed by atoms with E-state index in [0.29, 0.717) is 49.3 Å². The van der Waals surface area contributed by atoms with Crippen LogP contribution in [0.25, 0.3) is 23.3 Å². The molecule has 3 heterocycles. The lowest BCUT2D eigenvalue weighted by Crippen LogP contribution is -2.19. The Morgan fingerprint density at radius 1 is 0.884 bits per heavy atom. The maximum absolute atomic E-state index is 12.1. The highest BCUT2D eigenvalue weighted by Gasteiger charge is 2.20. The number of hydrogen-bond acceptors (Lipinski definition) is 9. The molecular weight excluding hydrogens is 538 g/mol. The zero-order valence-electron chi connectivity index (χ0n) is 23.4. The number of carbonyl (C=O) groups is 1. The Labute approximate surface area is 249 Å². The summed E-state index contributed by atoms with van der Waals surface area (Å²) in [5, 5.41) is 0. The quantitative estimate of drug-likeness (QED) is 0.145. The van der Waals surface area contributed by atoms with Gasteiger partial charge in [0.15, 0.2) is 17.0 Å². The van der Waals surface area contributed by atoms with Crippen molar-refractivity contribution in [2.45, 2.75) is 32.4 Å². The number of benzene rings is 3. The maximum Gasteiger partial charge on any atom is 0.306 e. The molecule has 2 aromatic heterocycles. The van der Waals surface area contributed by atoms with Gasteiger partial charge in [0.05, 0.1) is 18.4 Å². The van der Waals surface area contributed by atoms with Gasteiger partial charge < -0.3 is 21.1 Å². The second-order valence-electron chi connectivity index (χ2n) is 10.1. The van der Waals surface area contributed by atoms with Crippen LogP contribution < -0.4 is 16.4 Å². The number of nitrogen functional groups attached to an aromatic ring is 2. The predicted octanol–water partition coefficient (Wildman–Crippen LogP) is 5.67. The number of nitrogens with zero attached hydrogens (tertiary/aromatic N) is 5. The number of aromatic nitrogens is 4. The largest absolute Gasteiger partial charge is 0.461 e. The van der Waals surface area contributed by atoms with Gasteiger partial charge in [0.25, 0.3) is 0 Å². The van der Waals surface area contributed by atoms with Gasteiger partial charge in [-0.1, -0.05) is 72.5 Å². The summed E-state index contributed by atoms with van der Waals surface area (Å²) in [6.07, 6.45) is 7.47. The third kappa shape index (κ3) is 6.44. The minimum Gasteiger partial charge on any atom is -0.461 e. The molecule has 0 fully saturated rings. The van der Waals surface area contributed by atoms with E-state index in [4.69, 9.17) is 21.2 Å². The molecule has 0 unspecified atom stereocenters. The number of carbonyl (C=O) groups excluding carboxylic acids is 1. The fraction of sp³-hybridized carbons (Fsp3) is 0.147. The van der Waals surface area contributed by atoms with E-state index < -0.39 is 0 Å². The Kier molecular flexibility index (Phi) is 7.91. The van der Waals surface area contributed by atoms with Crippen LogP contribution in [0.1, 0.15) is 47.2 Å². The number of fused-ring (bicyclic) bond motifs is 3. The number of rotatable bonds is 7. The molecule has 9 nitrogen and oxygen atoms in total. The molecular formula is C34H29N7O2. The average molecular weight is 568 g/mol. The van der Waals surface area contributed by atoms with Crippen LogP contribution in [0.5, 0.6) is 0 Å². The normalized spacial score (nSPS) is 11.7. The zero-order chi connectivity index (χ0) is 29.6. The van der Waals surface area contributed by atoms with Crippen LogP contribution in [0.15, 0.2) is 79.0 Å². The van der Waals surface area contributed by atoms with Gasteiger partial charge >= 0.3 is 5.97 Å². The van der Waals surface area contributed by atoms with Crippen molar-refractivity contribution < 1.29 is 9.53 Å². The number of para-hydroxylation sites is 1. The summed E-state index contributed by atoms with van der Waals surface area (Å²) in [5.41, 5.74) is 19.3. The zero-order valence-corrected chi connectivity index (χ0v) is 23.4. The van der Waals surface area contributed by atoms with Gasteiger partial charge in [0.1, 0.15) is 6.61 Å². The topological polar surface area (TPSA) is 133 Å². The minimum absolute atomic E-state index is 0.0636. The minimum atomic E-state index is -0.212. The number of ether oxygens (including phenoxy) is 1. The first kappa shape index (κ1) is 27.4. The molecule has 0 aliphatic carbocycles. The number of unbranched alkanes of at least 4 members (excludes halogenated alkanes) is 1. The monoisotopic (exact) mass is 567 g/mol. The molecule has 0 amide bonds. The highest BCUT2D eigenvalue weighted by molar-refractivity contribution is 5.89. The van der Waals surface area contributed by atoms with Crippen molar-refractivity contribution in [3.63, 3.8) is 0 Å². The van der Waals surface area contributed by atoms with Crippen molar-refractivity contribution >= 4 is 52.4 Å². The van der Waals surface area contributed by atoms with Crippen molar-refractivity contribution in [1.82, 2.24) is 19.9 Å². The van der Waals surface area contributed by atoms with Crippen molar-refractivity contribution in [3.8, 4) is 11.8 Å². The Balaban J connectivity index is 1.17. The summed E-state index contributed by atoms with van der Waals surface area (Å²) in [6.45, 7) is 0.740. The summed E-state index contributed by atoms with van der Waals surface area (Å²) in [6, 6.07) is 24.0. The molecule has 1 aliphatic rings. The van der Waals surface area contributed by atoms with Gasteiger partial charge in [0, 0.05) is 29.8 Å². The highest BCUT2D eigenvalue weighted by Crippen LogP contribution is 2.37. The summed E-state index contributed by atoms with van der Waals surface area (Å²) in [7, 11) is 0. The predicted molar refractivity (Wildman–Crippen MR) is 169 cm³/mol. The summed E-state index contributed by atoms with van der Waals surface area (Å²) in [4.78, 5) is 31.6. The van der Waals surface area contributed by atoms with Crippen LogP contribution in [-0.2, 0) is 22.7 Å². The van der Waals surface area contributed by atoms with Gasteiger partial charge in [-0.05, 0) is 47.4 Å². The third-order valence-corrected chi connectivity index (χ3v) is 6.97. The first-order valence-corrected chi connectivity index (χ1v) is 14.0. The number of hydrogen-bond donors (Lipinski definition) is 2. The van der Waals surface area contributed by atoms with Crippen LogP contribution in [0.4, 0.5) is 23.1 Å². The molecule has 0 bridgehead atoms. The van der Waals surface area contributed by atoms with Gasteiger partial charge in [-0.25, -0.2) is 9.97 Å². The first-order valence-electron chi connectivity index (χ1n) is 14.0. The summed E-state index contributed by atoms with van der Waals surface area (Å²) >= 11 is 0. The molecule has 1 aliphatic heterocycles. The van der Waals surface area contributed by atoms with Gasteiger partial charge in [-0.2, -0.15) is 9.97 Å². The van der Waals surface area contributed by atoms with Gasteiger partial charge in [0.2, 0.25) is 5.95 Å². The third-order valence-electron chi connectivity index (χ3n) is 6.97. The average Bonchev–Trinajstić information content (AvgIpc) is 3.17. The summed E-state index contributed by atoms with van der Waals surface area (Å²) in [5.74, 6) is 6.50. The van der Waals surface area contributed by atoms with E-state index in [1.54, 1.807) is 6.20 Å². The van der Waals surface area contributed by atoms with Crippen molar-refractivity contribution in [1.29, 1.82) is 0 Å². The van der Waals surface area contributed by atoms with E-state index in [0.717, 1.165) is 33.6 Å². The number of anilines is 4. The number of nitrogens with two attached hydrogens (primary N) is 2. The van der Waals surface area contributed by atoms with Gasteiger partial charge in [-0.3, -0.25) is 4.79 Å². The van der Waals surface area contributed by atoms with E-state index in [1.165, 1.54) is 0 Å². The molecule has 43 heavy (non-hydrogen) atoms.